The van der Waals surface area contributed by atoms with Gasteiger partial charge in [-0.25, -0.2) is 8.42 Å². The molecule has 1 aliphatic heterocycles. The van der Waals surface area contributed by atoms with Crippen LogP contribution in [0.15, 0.2) is 65.6 Å². The maximum absolute atomic E-state index is 13.3. The van der Waals surface area contributed by atoms with Gasteiger partial charge in [-0.3, -0.25) is 4.79 Å². The number of ether oxygens (including phenoxy) is 3. The van der Waals surface area contributed by atoms with Crippen molar-refractivity contribution in [1.29, 1.82) is 0 Å². The van der Waals surface area contributed by atoms with Gasteiger partial charge >= 0.3 is 0 Å². The highest BCUT2D eigenvalue weighted by molar-refractivity contribution is 7.89. The first-order valence-corrected chi connectivity index (χ1v) is 13.2. The molecule has 0 unspecified atom stereocenters. The van der Waals surface area contributed by atoms with E-state index >= 15 is 0 Å². The fourth-order valence-corrected chi connectivity index (χ4v) is 5.38. The number of hydrogen-bond acceptors (Lipinski definition) is 6. The summed E-state index contributed by atoms with van der Waals surface area (Å²) >= 11 is 0. The molecule has 1 heterocycles. The van der Waals surface area contributed by atoms with E-state index in [4.69, 9.17) is 14.2 Å². The number of benzene rings is 3. The lowest BCUT2D eigenvalue weighted by molar-refractivity contribution is 0.0730. The van der Waals surface area contributed by atoms with E-state index in [9.17, 15) is 13.2 Å². The first-order chi connectivity index (χ1) is 17.3. The van der Waals surface area contributed by atoms with E-state index < -0.39 is 10.0 Å². The van der Waals surface area contributed by atoms with Crippen molar-refractivity contribution in [3.63, 3.8) is 0 Å². The summed E-state index contributed by atoms with van der Waals surface area (Å²) in [6.07, 6.45) is 0. The summed E-state index contributed by atoms with van der Waals surface area (Å²) in [6.45, 7) is 7.50. The molecule has 0 atom stereocenters. The Balaban J connectivity index is 1.68. The van der Waals surface area contributed by atoms with E-state index in [-0.39, 0.29) is 29.6 Å². The van der Waals surface area contributed by atoms with Gasteiger partial charge < -0.3 is 19.5 Å². The quantitative estimate of drug-likeness (QED) is 0.469. The van der Waals surface area contributed by atoms with Crippen LogP contribution in [0.5, 0.6) is 17.2 Å². The number of nitrogens with zero attached hydrogens (tertiary/aromatic N) is 1. The van der Waals surface area contributed by atoms with Crippen LogP contribution in [0.25, 0.3) is 0 Å². The molecule has 36 heavy (non-hydrogen) atoms. The number of aryl methyl sites for hydroxylation is 2. The molecule has 1 aliphatic rings. The molecule has 3 aromatic carbocycles. The molecule has 190 valence electrons. The Hall–Kier alpha value is -3.40. The number of rotatable bonds is 8. The molecule has 0 radical (unpaired) electrons. The maximum atomic E-state index is 13.3. The molecule has 3 aromatic rings. The summed E-state index contributed by atoms with van der Waals surface area (Å²) in [7, 11) is -3.77. The minimum absolute atomic E-state index is 0.0689. The molecule has 0 spiro atoms. The van der Waals surface area contributed by atoms with Crippen molar-refractivity contribution in [2.45, 2.75) is 25.7 Å². The Kier molecular flexibility index (Phi) is 7.93. The molecule has 1 N–H and O–H groups in total. The Morgan fingerprint density at radius 2 is 1.67 bits per heavy atom. The van der Waals surface area contributed by atoms with E-state index in [0.29, 0.717) is 42.6 Å². The topological polar surface area (TPSA) is 94.2 Å². The van der Waals surface area contributed by atoms with Gasteiger partial charge in [-0.15, -0.1) is 0 Å². The lowest BCUT2D eigenvalue weighted by Crippen LogP contribution is -2.40. The number of morpholine rings is 1. The van der Waals surface area contributed by atoms with E-state index in [1.54, 1.807) is 36.4 Å². The number of hydrogen-bond donors (Lipinski definition) is 1. The molecule has 9 heteroatoms. The number of anilines is 1. The third-order valence-electron chi connectivity index (χ3n) is 5.80. The summed E-state index contributed by atoms with van der Waals surface area (Å²) in [5.74, 6) is 1.19. The molecule has 8 nitrogen and oxygen atoms in total. The van der Waals surface area contributed by atoms with Crippen LogP contribution in [-0.4, -0.2) is 51.5 Å². The van der Waals surface area contributed by atoms with E-state index in [1.165, 1.54) is 16.4 Å². The van der Waals surface area contributed by atoms with Crippen LogP contribution in [0.1, 0.15) is 28.4 Å². The molecule has 4 rings (SSSR count). The van der Waals surface area contributed by atoms with Gasteiger partial charge in [-0.1, -0.05) is 17.7 Å². The van der Waals surface area contributed by atoms with Crippen molar-refractivity contribution in [2.75, 3.05) is 38.2 Å². The van der Waals surface area contributed by atoms with Crippen LogP contribution in [0, 0.1) is 13.8 Å². The van der Waals surface area contributed by atoms with Crippen LogP contribution in [0.4, 0.5) is 5.69 Å². The normalized spacial score (nSPS) is 14.3. The SMILES string of the molecule is CCOc1ccc(Oc2ccc(S(=O)(=O)N3CCOCC3)cc2NC(=O)c2ccc(C)cc2C)cc1. The van der Waals surface area contributed by atoms with Crippen molar-refractivity contribution in [3.8, 4) is 17.2 Å². The second kappa shape index (κ2) is 11.1. The molecule has 1 fully saturated rings. The van der Waals surface area contributed by atoms with E-state index in [0.717, 1.165) is 11.1 Å². The van der Waals surface area contributed by atoms with Crippen molar-refractivity contribution < 1.29 is 27.4 Å². The van der Waals surface area contributed by atoms with Crippen LogP contribution in [0.2, 0.25) is 0 Å². The predicted molar refractivity (Wildman–Crippen MR) is 138 cm³/mol. The number of carbonyl (C=O) groups is 1. The summed E-state index contributed by atoms with van der Waals surface area (Å²) in [5, 5.41) is 2.86. The third-order valence-corrected chi connectivity index (χ3v) is 7.69. The molecule has 0 bridgehead atoms. The summed E-state index contributed by atoms with van der Waals surface area (Å²) in [6, 6.07) is 17.1. The summed E-state index contributed by atoms with van der Waals surface area (Å²) < 4.78 is 44.7. The lowest BCUT2D eigenvalue weighted by atomic mass is 10.1. The minimum atomic E-state index is -3.77. The zero-order valence-corrected chi connectivity index (χ0v) is 21.4. The fraction of sp³-hybridized carbons (Fsp3) is 0.296. The first kappa shape index (κ1) is 25.7. The average Bonchev–Trinajstić information content (AvgIpc) is 2.86. The number of nitrogens with one attached hydrogen (secondary N) is 1. The summed E-state index contributed by atoms with van der Waals surface area (Å²) in [4.78, 5) is 13.2. The third kappa shape index (κ3) is 5.87. The van der Waals surface area contributed by atoms with Gasteiger partial charge in [0.15, 0.2) is 5.75 Å². The van der Waals surface area contributed by atoms with Crippen molar-refractivity contribution >= 4 is 21.6 Å². The van der Waals surface area contributed by atoms with Gasteiger partial charge in [-0.05, 0) is 74.9 Å². The van der Waals surface area contributed by atoms with Crippen molar-refractivity contribution in [3.05, 3.63) is 77.4 Å². The van der Waals surface area contributed by atoms with Gasteiger partial charge in [0.05, 0.1) is 30.4 Å². The first-order valence-electron chi connectivity index (χ1n) is 11.8. The Labute approximate surface area is 211 Å². The van der Waals surface area contributed by atoms with Gasteiger partial charge in [0, 0.05) is 18.7 Å². The van der Waals surface area contributed by atoms with Crippen LogP contribution >= 0.6 is 0 Å². The van der Waals surface area contributed by atoms with E-state index in [2.05, 4.69) is 5.32 Å². The highest BCUT2D eigenvalue weighted by Crippen LogP contribution is 2.34. The molecule has 1 saturated heterocycles. The molecular formula is C27H30N2O6S. The van der Waals surface area contributed by atoms with Crippen LogP contribution < -0.4 is 14.8 Å². The molecular weight excluding hydrogens is 480 g/mol. The van der Waals surface area contributed by atoms with Crippen molar-refractivity contribution in [2.24, 2.45) is 0 Å². The summed E-state index contributed by atoms with van der Waals surface area (Å²) in [5.41, 5.74) is 2.61. The zero-order valence-electron chi connectivity index (χ0n) is 20.6. The van der Waals surface area contributed by atoms with Gasteiger partial charge in [0.1, 0.15) is 11.5 Å². The minimum Gasteiger partial charge on any atom is -0.494 e. The molecule has 0 aliphatic carbocycles. The number of carbonyl (C=O) groups excluding carboxylic acids is 1. The van der Waals surface area contributed by atoms with Gasteiger partial charge in [0.25, 0.3) is 5.91 Å². The highest BCUT2D eigenvalue weighted by Gasteiger charge is 2.27. The van der Waals surface area contributed by atoms with Gasteiger partial charge in [0.2, 0.25) is 10.0 Å². The Morgan fingerprint density at radius 1 is 0.972 bits per heavy atom. The number of sulfonamides is 1. The standard InChI is InChI=1S/C27H30N2O6S/c1-4-34-21-6-8-22(9-7-21)35-26-12-10-23(36(31,32)29-13-15-33-16-14-29)18-25(26)28-27(30)24-11-5-19(2)17-20(24)3/h5-12,17-18H,4,13-16H2,1-3H3,(H,28,30). The predicted octanol–water partition coefficient (Wildman–Crippen LogP) is 4.77. The van der Waals surface area contributed by atoms with Crippen molar-refractivity contribution in [1.82, 2.24) is 4.31 Å². The fourth-order valence-electron chi connectivity index (χ4n) is 3.95. The molecule has 0 saturated carbocycles. The second-order valence-electron chi connectivity index (χ2n) is 8.45. The molecule has 1 amide bonds. The zero-order chi connectivity index (χ0) is 25.7. The van der Waals surface area contributed by atoms with E-state index in [1.807, 2.05) is 32.9 Å². The Morgan fingerprint density at radius 3 is 2.33 bits per heavy atom. The van der Waals surface area contributed by atoms with Gasteiger partial charge in [-0.2, -0.15) is 4.31 Å². The number of amides is 1. The molecule has 0 aromatic heterocycles. The monoisotopic (exact) mass is 510 g/mol. The maximum Gasteiger partial charge on any atom is 0.256 e. The smallest absolute Gasteiger partial charge is 0.256 e. The van der Waals surface area contributed by atoms with Crippen LogP contribution in [-0.2, 0) is 14.8 Å². The largest absolute Gasteiger partial charge is 0.494 e. The average molecular weight is 511 g/mol. The Bertz CT molecular complexity index is 1330. The highest BCUT2D eigenvalue weighted by atomic mass is 32.2. The lowest BCUT2D eigenvalue weighted by Gasteiger charge is -2.26. The van der Waals surface area contributed by atoms with Crippen LogP contribution in [0.3, 0.4) is 0 Å². The second-order valence-corrected chi connectivity index (χ2v) is 10.4.